The zero-order chi connectivity index (χ0) is 14.7. The van der Waals surface area contributed by atoms with Gasteiger partial charge in [-0.25, -0.2) is 0 Å². The first-order valence-corrected chi connectivity index (χ1v) is 7.27. The zero-order valence-electron chi connectivity index (χ0n) is 11.5. The van der Waals surface area contributed by atoms with E-state index in [2.05, 4.69) is 11.4 Å². The molecule has 0 saturated carbocycles. The maximum atomic E-state index is 10.3. The first-order chi connectivity index (χ1) is 10.2. The Morgan fingerprint density at radius 1 is 0.905 bits per heavy atom. The van der Waals surface area contributed by atoms with E-state index in [1.807, 2.05) is 60.7 Å². The third-order valence-electron chi connectivity index (χ3n) is 3.52. The molecule has 1 atom stereocenters. The first kappa shape index (κ1) is 13.9. The lowest BCUT2D eigenvalue weighted by molar-refractivity contribution is 0.192. The van der Waals surface area contributed by atoms with E-state index in [4.69, 9.17) is 11.6 Å². The Hall–Kier alpha value is -2.03. The van der Waals surface area contributed by atoms with Crippen molar-refractivity contribution in [2.45, 2.75) is 6.10 Å². The van der Waals surface area contributed by atoms with E-state index < -0.39 is 6.10 Å². The van der Waals surface area contributed by atoms with E-state index in [-0.39, 0.29) is 0 Å². The number of hydrogen-bond acceptors (Lipinski definition) is 2. The fraction of sp³-hybridized carbons (Fsp3) is 0.111. The minimum absolute atomic E-state index is 0.419. The van der Waals surface area contributed by atoms with Gasteiger partial charge in [0.2, 0.25) is 0 Å². The number of nitrogens with one attached hydrogen (secondary N) is 1. The van der Waals surface area contributed by atoms with Crippen molar-refractivity contribution in [2.75, 3.05) is 11.9 Å². The van der Waals surface area contributed by atoms with Crippen molar-refractivity contribution in [2.24, 2.45) is 0 Å². The third kappa shape index (κ3) is 3.18. The minimum atomic E-state index is -0.578. The summed E-state index contributed by atoms with van der Waals surface area (Å²) in [6.07, 6.45) is -0.578. The summed E-state index contributed by atoms with van der Waals surface area (Å²) in [5.74, 6) is 0. The zero-order valence-corrected chi connectivity index (χ0v) is 12.2. The first-order valence-electron chi connectivity index (χ1n) is 6.89. The van der Waals surface area contributed by atoms with Crippen molar-refractivity contribution in [3.05, 3.63) is 77.3 Å². The molecule has 0 aliphatic heterocycles. The number of anilines is 1. The van der Waals surface area contributed by atoms with Gasteiger partial charge >= 0.3 is 0 Å². The molecule has 2 N–H and O–H groups in total. The second-order valence-corrected chi connectivity index (χ2v) is 5.39. The molecule has 0 aromatic heterocycles. The number of para-hydroxylation sites is 1. The molecule has 1 unspecified atom stereocenters. The van der Waals surface area contributed by atoms with Crippen LogP contribution in [0.5, 0.6) is 0 Å². The Kier molecular flexibility index (Phi) is 4.09. The maximum Gasteiger partial charge on any atom is 0.0962 e. The highest BCUT2D eigenvalue weighted by Gasteiger charge is 2.08. The Labute approximate surface area is 129 Å². The molecule has 0 fully saturated rings. The summed E-state index contributed by atoms with van der Waals surface area (Å²) in [6, 6.07) is 21.7. The lowest BCUT2D eigenvalue weighted by atomic mass is 10.0. The average Bonchev–Trinajstić information content (AvgIpc) is 2.53. The number of benzene rings is 3. The number of aliphatic hydroxyl groups excluding tert-OH is 1. The van der Waals surface area contributed by atoms with Gasteiger partial charge in [-0.3, -0.25) is 0 Å². The Balaban J connectivity index is 1.75. The van der Waals surface area contributed by atoms with E-state index in [1.54, 1.807) is 0 Å². The van der Waals surface area contributed by atoms with Crippen LogP contribution in [-0.2, 0) is 0 Å². The predicted octanol–water partition coefficient (Wildman–Crippen LogP) is 4.64. The van der Waals surface area contributed by atoms with Crippen molar-refractivity contribution in [3.63, 3.8) is 0 Å². The van der Waals surface area contributed by atoms with Crippen molar-refractivity contribution >= 4 is 28.1 Å². The molecule has 0 spiro atoms. The summed E-state index contributed by atoms with van der Waals surface area (Å²) >= 11 is 6.09. The molecule has 0 heterocycles. The van der Waals surface area contributed by atoms with E-state index in [0.717, 1.165) is 16.6 Å². The minimum Gasteiger partial charge on any atom is -0.387 e. The molecule has 0 aliphatic rings. The van der Waals surface area contributed by atoms with Gasteiger partial charge in [-0.05, 0) is 34.5 Å². The molecule has 106 valence electrons. The summed E-state index contributed by atoms with van der Waals surface area (Å²) in [5, 5.41) is 16.5. The second kappa shape index (κ2) is 6.17. The summed E-state index contributed by atoms with van der Waals surface area (Å²) in [4.78, 5) is 0. The largest absolute Gasteiger partial charge is 0.387 e. The highest BCUT2D eigenvalue weighted by molar-refractivity contribution is 6.33. The molecule has 3 aromatic carbocycles. The number of rotatable bonds is 4. The van der Waals surface area contributed by atoms with Gasteiger partial charge in [-0.15, -0.1) is 0 Å². The molecular formula is C18H16ClNO. The molecule has 0 saturated heterocycles. The maximum absolute atomic E-state index is 10.3. The van der Waals surface area contributed by atoms with Crippen molar-refractivity contribution in [3.8, 4) is 0 Å². The van der Waals surface area contributed by atoms with E-state index >= 15 is 0 Å². The number of fused-ring (bicyclic) bond motifs is 1. The summed E-state index contributed by atoms with van der Waals surface area (Å²) < 4.78 is 0. The fourth-order valence-corrected chi connectivity index (χ4v) is 2.55. The normalized spacial score (nSPS) is 12.3. The average molecular weight is 298 g/mol. The molecule has 0 radical (unpaired) electrons. The van der Waals surface area contributed by atoms with Gasteiger partial charge in [0.1, 0.15) is 0 Å². The predicted molar refractivity (Wildman–Crippen MR) is 88.8 cm³/mol. The lowest BCUT2D eigenvalue weighted by Gasteiger charge is -2.14. The molecule has 3 heteroatoms. The quantitative estimate of drug-likeness (QED) is 0.735. The van der Waals surface area contributed by atoms with E-state index in [1.165, 1.54) is 5.39 Å². The lowest BCUT2D eigenvalue weighted by Crippen LogP contribution is -2.12. The van der Waals surface area contributed by atoms with E-state index in [0.29, 0.717) is 11.6 Å². The van der Waals surface area contributed by atoms with Crippen LogP contribution in [0.2, 0.25) is 5.02 Å². The van der Waals surface area contributed by atoms with Gasteiger partial charge in [0.25, 0.3) is 0 Å². The molecule has 2 nitrogen and oxygen atoms in total. The van der Waals surface area contributed by atoms with Gasteiger partial charge < -0.3 is 10.4 Å². The third-order valence-corrected chi connectivity index (χ3v) is 3.85. The highest BCUT2D eigenvalue weighted by Crippen LogP contribution is 2.23. The summed E-state index contributed by atoms with van der Waals surface area (Å²) in [7, 11) is 0. The molecule has 21 heavy (non-hydrogen) atoms. The number of hydrogen-bond donors (Lipinski definition) is 2. The van der Waals surface area contributed by atoms with Crippen LogP contribution in [0, 0.1) is 0 Å². The smallest absolute Gasteiger partial charge is 0.0962 e. The van der Waals surface area contributed by atoms with Crippen LogP contribution in [0.4, 0.5) is 5.69 Å². The van der Waals surface area contributed by atoms with Crippen LogP contribution < -0.4 is 5.32 Å². The van der Waals surface area contributed by atoms with Crippen LogP contribution >= 0.6 is 11.6 Å². The molecular weight excluding hydrogens is 282 g/mol. The van der Waals surface area contributed by atoms with Crippen molar-refractivity contribution in [1.82, 2.24) is 0 Å². The van der Waals surface area contributed by atoms with Gasteiger partial charge in [-0.2, -0.15) is 0 Å². The van der Waals surface area contributed by atoms with Gasteiger partial charge in [0.15, 0.2) is 0 Å². The Bertz CT molecular complexity index is 757. The summed E-state index contributed by atoms with van der Waals surface area (Å²) in [6.45, 7) is 0.419. The second-order valence-electron chi connectivity index (χ2n) is 4.98. The van der Waals surface area contributed by atoms with Crippen LogP contribution in [0.15, 0.2) is 66.7 Å². The molecule has 0 bridgehead atoms. The highest BCUT2D eigenvalue weighted by atomic mass is 35.5. The fourth-order valence-electron chi connectivity index (χ4n) is 2.34. The molecule has 0 aliphatic carbocycles. The van der Waals surface area contributed by atoms with Gasteiger partial charge in [0.05, 0.1) is 16.8 Å². The number of halogens is 1. The Morgan fingerprint density at radius 2 is 1.62 bits per heavy atom. The van der Waals surface area contributed by atoms with Crippen molar-refractivity contribution < 1.29 is 5.11 Å². The summed E-state index contributed by atoms with van der Waals surface area (Å²) in [5.41, 5.74) is 1.73. The van der Waals surface area contributed by atoms with Crippen LogP contribution in [0.1, 0.15) is 11.7 Å². The van der Waals surface area contributed by atoms with Crippen LogP contribution in [0.3, 0.4) is 0 Å². The van der Waals surface area contributed by atoms with Crippen molar-refractivity contribution in [1.29, 1.82) is 0 Å². The molecule has 0 amide bonds. The van der Waals surface area contributed by atoms with Gasteiger partial charge in [-0.1, -0.05) is 60.1 Å². The molecule has 3 rings (SSSR count). The van der Waals surface area contributed by atoms with Crippen LogP contribution in [-0.4, -0.2) is 11.7 Å². The topological polar surface area (TPSA) is 32.3 Å². The monoisotopic (exact) mass is 297 g/mol. The van der Waals surface area contributed by atoms with E-state index in [9.17, 15) is 5.11 Å². The van der Waals surface area contributed by atoms with Crippen LogP contribution in [0.25, 0.3) is 10.8 Å². The Morgan fingerprint density at radius 3 is 2.43 bits per heavy atom. The standard InChI is InChI=1S/C18H16ClNO/c19-16-7-3-4-8-17(16)20-12-18(21)15-10-9-13-5-1-2-6-14(13)11-15/h1-11,18,20-21H,12H2. The SMILES string of the molecule is OC(CNc1ccccc1Cl)c1ccc2ccccc2c1. The molecule has 3 aromatic rings. The van der Waals surface area contributed by atoms with Gasteiger partial charge in [0, 0.05) is 6.54 Å². The number of aliphatic hydroxyl groups is 1.